The minimum Gasteiger partial charge on any atom is -0.486 e. The van der Waals surface area contributed by atoms with E-state index >= 15 is 0 Å². The van der Waals surface area contributed by atoms with E-state index in [0.29, 0.717) is 34.3 Å². The number of nitrogens with zero attached hydrogens (tertiary/aromatic N) is 5. The summed E-state index contributed by atoms with van der Waals surface area (Å²) in [6, 6.07) is 7.13. The zero-order valence-electron chi connectivity index (χ0n) is 15.4. The monoisotopic (exact) mass is 495 g/mol. The third kappa shape index (κ3) is 3.75. The van der Waals surface area contributed by atoms with Gasteiger partial charge in [0.1, 0.15) is 17.4 Å². The first-order valence-electron chi connectivity index (χ1n) is 8.48. The Balaban J connectivity index is 1.60. The maximum Gasteiger partial charge on any atom is 0.332 e. The van der Waals surface area contributed by atoms with Crippen LogP contribution in [0.3, 0.4) is 0 Å². The minimum absolute atomic E-state index is 0.225. The van der Waals surface area contributed by atoms with Gasteiger partial charge in [0, 0.05) is 24.5 Å². The molecule has 29 heavy (non-hydrogen) atoms. The fourth-order valence-electron chi connectivity index (χ4n) is 2.93. The molecule has 150 valence electrons. The molecule has 0 atom stereocenters. The lowest BCUT2D eigenvalue weighted by atomic mass is 10.3. The van der Waals surface area contributed by atoms with E-state index in [2.05, 4.69) is 25.9 Å². The van der Waals surface area contributed by atoms with Gasteiger partial charge >= 0.3 is 5.69 Å². The number of imidazole rings is 1. The average Bonchev–Trinajstić information content (AvgIpc) is 3.29. The lowest BCUT2D eigenvalue weighted by Gasteiger charge is -2.08. The Morgan fingerprint density at radius 1 is 1.14 bits per heavy atom. The van der Waals surface area contributed by atoms with Crippen LogP contribution >= 0.6 is 38.9 Å². The van der Waals surface area contributed by atoms with Crippen molar-refractivity contribution in [2.45, 2.75) is 13.2 Å². The summed E-state index contributed by atoms with van der Waals surface area (Å²) in [7, 11) is 3.05. The van der Waals surface area contributed by atoms with Crippen molar-refractivity contribution in [3.63, 3.8) is 0 Å². The van der Waals surface area contributed by atoms with Crippen LogP contribution in [-0.4, -0.2) is 23.7 Å². The number of hydrogen-bond acceptors (Lipinski definition) is 6. The van der Waals surface area contributed by atoms with E-state index in [1.807, 2.05) is 5.38 Å². The molecule has 3 aromatic heterocycles. The van der Waals surface area contributed by atoms with Crippen LogP contribution in [0.25, 0.3) is 11.2 Å². The van der Waals surface area contributed by atoms with Gasteiger partial charge < -0.3 is 4.74 Å². The number of aryl methyl sites for hydroxylation is 1. The molecule has 0 fully saturated rings. The van der Waals surface area contributed by atoms with Crippen LogP contribution in [0, 0.1) is 0 Å². The van der Waals surface area contributed by atoms with Crippen LogP contribution in [0.15, 0.2) is 44.0 Å². The van der Waals surface area contributed by atoms with Gasteiger partial charge in [-0.3, -0.25) is 18.5 Å². The topological polar surface area (TPSA) is 83.9 Å². The first-order chi connectivity index (χ1) is 13.8. The summed E-state index contributed by atoms with van der Waals surface area (Å²) in [6.07, 6.45) is 0. The summed E-state index contributed by atoms with van der Waals surface area (Å²) in [5.41, 5.74) is 0.599. The fourth-order valence-corrected chi connectivity index (χ4v) is 4.22. The minimum atomic E-state index is -0.433. The summed E-state index contributed by atoms with van der Waals surface area (Å²) < 4.78 is 10.4. The normalized spacial score (nSPS) is 11.3. The van der Waals surface area contributed by atoms with E-state index in [4.69, 9.17) is 16.3 Å². The average molecular weight is 497 g/mol. The van der Waals surface area contributed by atoms with Crippen molar-refractivity contribution in [2.75, 3.05) is 0 Å². The zero-order chi connectivity index (χ0) is 20.7. The summed E-state index contributed by atoms with van der Waals surface area (Å²) in [6.45, 7) is 0.687. The Morgan fingerprint density at radius 3 is 2.59 bits per heavy atom. The van der Waals surface area contributed by atoms with E-state index in [-0.39, 0.29) is 5.52 Å². The van der Waals surface area contributed by atoms with Crippen LogP contribution in [0.2, 0.25) is 5.02 Å². The zero-order valence-corrected chi connectivity index (χ0v) is 18.6. The molecule has 0 N–H and O–H groups in total. The number of hydrogen-bond donors (Lipinski definition) is 0. The summed E-state index contributed by atoms with van der Waals surface area (Å²) in [5.74, 6) is 0.709. The second-order valence-electron chi connectivity index (χ2n) is 6.32. The van der Waals surface area contributed by atoms with E-state index in [9.17, 15) is 9.59 Å². The molecular weight excluding hydrogens is 482 g/mol. The van der Waals surface area contributed by atoms with E-state index in [1.165, 1.54) is 23.0 Å². The van der Waals surface area contributed by atoms with Gasteiger partial charge in [-0.2, -0.15) is 0 Å². The summed E-state index contributed by atoms with van der Waals surface area (Å²) >= 11 is 10.7. The molecule has 8 nitrogen and oxygen atoms in total. The van der Waals surface area contributed by atoms with E-state index < -0.39 is 11.2 Å². The SMILES string of the molecule is Cn1c(=O)c2nc(Br)n(Cc3csc(COc4ccc(Cl)cc4)n3)c2n(C)c1=O. The van der Waals surface area contributed by atoms with Crippen molar-refractivity contribution in [3.8, 4) is 5.75 Å². The number of halogens is 2. The Morgan fingerprint density at radius 2 is 1.86 bits per heavy atom. The second kappa shape index (κ2) is 7.77. The number of ether oxygens (including phenoxy) is 1. The molecule has 0 saturated carbocycles. The molecule has 0 bridgehead atoms. The number of fused-ring (bicyclic) bond motifs is 1. The van der Waals surface area contributed by atoms with Crippen LogP contribution in [0.1, 0.15) is 10.7 Å². The molecular formula is C18H15BrClN5O3S. The first-order valence-corrected chi connectivity index (χ1v) is 10.5. The number of rotatable bonds is 5. The summed E-state index contributed by atoms with van der Waals surface area (Å²) in [5, 5.41) is 3.37. The molecule has 0 radical (unpaired) electrons. The second-order valence-corrected chi connectivity index (χ2v) is 8.41. The third-order valence-electron chi connectivity index (χ3n) is 4.39. The third-order valence-corrected chi connectivity index (χ3v) is 6.12. The van der Waals surface area contributed by atoms with Crippen molar-refractivity contribution in [1.82, 2.24) is 23.7 Å². The summed E-state index contributed by atoms with van der Waals surface area (Å²) in [4.78, 5) is 33.5. The highest BCUT2D eigenvalue weighted by atomic mass is 79.9. The number of aromatic nitrogens is 5. The van der Waals surface area contributed by atoms with E-state index in [0.717, 1.165) is 15.3 Å². The highest BCUT2D eigenvalue weighted by Crippen LogP contribution is 2.21. The van der Waals surface area contributed by atoms with Gasteiger partial charge in [0.2, 0.25) is 0 Å². The maximum atomic E-state index is 12.4. The van der Waals surface area contributed by atoms with Crippen molar-refractivity contribution >= 4 is 50.0 Å². The van der Waals surface area contributed by atoms with Gasteiger partial charge in [0.15, 0.2) is 15.9 Å². The quantitative estimate of drug-likeness (QED) is 0.397. The number of benzene rings is 1. The Hall–Kier alpha value is -2.43. The maximum absolute atomic E-state index is 12.4. The molecule has 1 aromatic carbocycles. The van der Waals surface area contributed by atoms with Crippen LogP contribution in [-0.2, 0) is 27.2 Å². The highest BCUT2D eigenvalue weighted by molar-refractivity contribution is 9.10. The lowest BCUT2D eigenvalue weighted by Crippen LogP contribution is -2.37. The lowest BCUT2D eigenvalue weighted by molar-refractivity contribution is 0.305. The Bertz CT molecular complexity index is 1320. The molecule has 0 aliphatic heterocycles. The van der Waals surface area contributed by atoms with Crippen molar-refractivity contribution in [3.05, 3.63) is 70.9 Å². The van der Waals surface area contributed by atoms with Gasteiger partial charge in [0.05, 0.1) is 12.2 Å². The van der Waals surface area contributed by atoms with Crippen LogP contribution < -0.4 is 16.0 Å². The Labute approximate surface area is 182 Å². The molecule has 3 heterocycles. The molecule has 0 aliphatic carbocycles. The van der Waals surface area contributed by atoms with Gasteiger partial charge in [-0.05, 0) is 40.2 Å². The molecule has 4 aromatic rings. The number of thiazole rings is 1. The predicted octanol–water partition coefficient (Wildman–Crippen LogP) is 2.93. The standard InChI is InChI=1S/C18H15BrClN5O3S/c1-23-15-14(16(26)24(2)18(23)27)22-17(19)25(15)7-11-9-29-13(21-11)8-28-12-5-3-10(20)4-6-12/h3-6,9H,7-8H2,1-2H3. The van der Waals surface area contributed by atoms with Crippen molar-refractivity contribution in [2.24, 2.45) is 14.1 Å². The molecule has 11 heteroatoms. The van der Waals surface area contributed by atoms with Gasteiger partial charge in [-0.25, -0.2) is 14.8 Å². The fraction of sp³-hybridized carbons (Fsp3) is 0.222. The van der Waals surface area contributed by atoms with Crippen LogP contribution in [0.4, 0.5) is 0 Å². The van der Waals surface area contributed by atoms with Gasteiger partial charge in [-0.15, -0.1) is 11.3 Å². The molecule has 0 aliphatic rings. The predicted molar refractivity (Wildman–Crippen MR) is 115 cm³/mol. The van der Waals surface area contributed by atoms with Gasteiger partial charge in [0.25, 0.3) is 5.56 Å². The highest BCUT2D eigenvalue weighted by Gasteiger charge is 2.18. The molecule has 0 amide bonds. The first kappa shape index (κ1) is 19.9. The molecule has 0 spiro atoms. The van der Waals surface area contributed by atoms with Crippen molar-refractivity contribution in [1.29, 1.82) is 0 Å². The van der Waals surface area contributed by atoms with Gasteiger partial charge in [-0.1, -0.05) is 11.6 Å². The Kier molecular flexibility index (Phi) is 5.32. The molecule has 4 rings (SSSR count). The largest absolute Gasteiger partial charge is 0.486 e. The van der Waals surface area contributed by atoms with Crippen LogP contribution in [0.5, 0.6) is 5.75 Å². The van der Waals surface area contributed by atoms with Crippen molar-refractivity contribution < 1.29 is 4.74 Å². The molecule has 0 unspecified atom stereocenters. The molecule has 0 saturated heterocycles. The smallest absolute Gasteiger partial charge is 0.332 e. The van der Waals surface area contributed by atoms with E-state index in [1.54, 1.807) is 35.9 Å².